The van der Waals surface area contributed by atoms with Gasteiger partial charge in [0.2, 0.25) is 0 Å². The number of H-pyrrole nitrogens is 1. The number of aryl methyl sites for hydroxylation is 1. The molecule has 2 aromatic rings. The summed E-state index contributed by atoms with van der Waals surface area (Å²) in [6.07, 6.45) is 0.967. The molecule has 0 aliphatic carbocycles. The minimum absolute atomic E-state index is 0.245. The molecular weight excluding hydrogens is 336 g/mol. The number of hydrogen-bond acceptors (Lipinski definition) is 5. The molecule has 0 saturated carbocycles. The lowest BCUT2D eigenvalue weighted by atomic mass is 10.4. The summed E-state index contributed by atoms with van der Waals surface area (Å²) in [4.78, 5) is 25.4. The first kappa shape index (κ1) is 15.9. The van der Waals surface area contributed by atoms with Gasteiger partial charge in [-0.2, -0.15) is 0 Å². The Morgan fingerprint density at radius 2 is 1.86 bits per heavy atom. The van der Waals surface area contributed by atoms with Crippen LogP contribution in [0.2, 0.25) is 0 Å². The van der Waals surface area contributed by atoms with Crippen LogP contribution < -0.4 is 11.2 Å². The Morgan fingerprint density at radius 3 is 2.48 bits per heavy atom. The van der Waals surface area contributed by atoms with Gasteiger partial charge >= 0.3 is 5.69 Å². The summed E-state index contributed by atoms with van der Waals surface area (Å²) in [6.45, 7) is 0.245. The Balaban J connectivity index is 2.17. The standard InChI is InChI=1S/C12H11ClN2O4S2/c13-21(18,19)10-8-15(12(17)14-11(10)16)6-7-20-9-4-2-1-3-5-9/h1-5,8H,6-7H2,(H,14,16,17). The number of hydrogen-bond donors (Lipinski definition) is 1. The molecule has 0 bridgehead atoms. The lowest BCUT2D eigenvalue weighted by molar-refractivity contribution is 0.602. The number of rotatable bonds is 5. The fraction of sp³-hybridized carbons (Fsp3) is 0.167. The van der Waals surface area contributed by atoms with Crippen LogP contribution in [0.15, 0.2) is 55.9 Å². The molecule has 0 spiro atoms. The zero-order chi connectivity index (χ0) is 15.5. The first-order valence-electron chi connectivity index (χ1n) is 5.84. The van der Waals surface area contributed by atoms with E-state index in [1.807, 2.05) is 35.3 Å². The number of halogens is 1. The summed E-state index contributed by atoms with van der Waals surface area (Å²) in [7, 11) is 0.962. The molecule has 0 aliphatic heterocycles. The smallest absolute Gasteiger partial charge is 0.298 e. The van der Waals surface area contributed by atoms with Gasteiger partial charge in [-0.1, -0.05) is 18.2 Å². The van der Waals surface area contributed by atoms with Crippen LogP contribution in [-0.4, -0.2) is 23.7 Å². The lowest BCUT2D eigenvalue weighted by Crippen LogP contribution is -2.32. The number of benzene rings is 1. The van der Waals surface area contributed by atoms with Gasteiger partial charge in [-0.15, -0.1) is 11.8 Å². The number of nitrogens with one attached hydrogen (secondary N) is 1. The van der Waals surface area contributed by atoms with Crippen LogP contribution in [0.3, 0.4) is 0 Å². The Bertz CT molecular complexity index is 844. The highest BCUT2D eigenvalue weighted by Crippen LogP contribution is 2.17. The van der Waals surface area contributed by atoms with Crippen LogP contribution >= 0.6 is 22.4 Å². The number of thioether (sulfide) groups is 1. The van der Waals surface area contributed by atoms with E-state index in [1.54, 1.807) is 0 Å². The second-order valence-electron chi connectivity index (χ2n) is 4.05. The quantitative estimate of drug-likeness (QED) is 0.650. The van der Waals surface area contributed by atoms with Crippen molar-refractivity contribution < 1.29 is 8.42 Å². The van der Waals surface area contributed by atoms with E-state index in [9.17, 15) is 18.0 Å². The van der Waals surface area contributed by atoms with Crippen molar-refractivity contribution >= 4 is 31.5 Å². The fourth-order valence-electron chi connectivity index (χ4n) is 1.61. The maximum atomic E-state index is 11.6. The molecule has 9 heteroatoms. The Hall–Kier alpha value is -1.51. The molecule has 0 fully saturated rings. The SMILES string of the molecule is O=c1[nH]c(=O)n(CCSc2ccccc2)cc1S(=O)(=O)Cl. The molecule has 1 aromatic heterocycles. The Labute approximate surface area is 129 Å². The third-order valence-electron chi connectivity index (χ3n) is 2.59. The fourth-order valence-corrected chi connectivity index (χ4v) is 3.34. The number of nitrogens with zero attached hydrogens (tertiary/aromatic N) is 1. The van der Waals surface area contributed by atoms with E-state index in [1.165, 1.54) is 11.8 Å². The molecule has 1 aromatic carbocycles. The van der Waals surface area contributed by atoms with E-state index in [-0.39, 0.29) is 6.54 Å². The van der Waals surface area contributed by atoms with Crippen LogP contribution in [-0.2, 0) is 15.6 Å². The summed E-state index contributed by atoms with van der Waals surface area (Å²) < 4.78 is 23.6. The Kier molecular flexibility index (Phi) is 4.92. The second kappa shape index (κ2) is 6.50. The van der Waals surface area contributed by atoms with Crippen molar-refractivity contribution in [3.8, 4) is 0 Å². The van der Waals surface area contributed by atoms with E-state index in [4.69, 9.17) is 10.7 Å². The molecule has 1 heterocycles. The van der Waals surface area contributed by atoms with Crippen LogP contribution in [0, 0.1) is 0 Å². The maximum absolute atomic E-state index is 11.6. The van der Waals surface area contributed by atoms with Crippen molar-refractivity contribution in [3.05, 3.63) is 57.4 Å². The van der Waals surface area contributed by atoms with E-state index in [0.29, 0.717) is 5.75 Å². The lowest BCUT2D eigenvalue weighted by Gasteiger charge is -2.06. The third kappa shape index (κ3) is 4.23. The van der Waals surface area contributed by atoms with Crippen molar-refractivity contribution in [1.82, 2.24) is 9.55 Å². The third-order valence-corrected chi connectivity index (χ3v) is 4.89. The minimum Gasteiger partial charge on any atom is -0.298 e. The van der Waals surface area contributed by atoms with Crippen molar-refractivity contribution in [2.24, 2.45) is 0 Å². The van der Waals surface area contributed by atoms with Crippen molar-refractivity contribution in [1.29, 1.82) is 0 Å². The van der Waals surface area contributed by atoms with Gasteiger partial charge < -0.3 is 0 Å². The highest BCUT2D eigenvalue weighted by molar-refractivity contribution is 8.13. The molecule has 0 unspecified atom stereocenters. The predicted molar refractivity (Wildman–Crippen MR) is 81.5 cm³/mol. The topological polar surface area (TPSA) is 89.0 Å². The number of aromatic nitrogens is 2. The summed E-state index contributed by atoms with van der Waals surface area (Å²) in [5.41, 5.74) is -1.68. The monoisotopic (exact) mass is 346 g/mol. The molecule has 0 amide bonds. The van der Waals surface area contributed by atoms with Gasteiger partial charge in [-0.3, -0.25) is 14.3 Å². The zero-order valence-electron chi connectivity index (χ0n) is 10.7. The highest BCUT2D eigenvalue weighted by Gasteiger charge is 2.17. The molecule has 2 rings (SSSR count). The molecule has 112 valence electrons. The molecular formula is C12H11ClN2O4S2. The van der Waals surface area contributed by atoms with Crippen molar-refractivity contribution in [2.75, 3.05) is 5.75 Å². The van der Waals surface area contributed by atoms with E-state index >= 15 is 0 Å². The second-order valence-corrected chi connectivity index (χ2v) is 7.75. The molecule has 6 nitrogen and oxygen atoms in total. The van der Waals surface area contributed by atoms with Gasteiger partial charge in [0.1, 0.15) is 0 Å². The zero-order valence-corrected chi connectivity index (χ0v) is 13.0. The average Bonchev–Trinajstić information content (AvgIpc) is 2.41. The first-order valence-corrected chi connectivity index (χ1v) is 9.14. The highest BCUT2D eigenvalue weighted by atomic mass is 35.7. The van der Waals surface area contributed by atoms with E-state index in [0.717, 1.165) is 15.7 Å². The minimum atomic E-state index is -4.19. The molecule has 0 radical (unpaired) electrons. The molecule has 21 heavy (non-hydrogen) atoms. The molecule has 0 atom stereocenters. The van der Waals surface area contributed by atoms with Gasteiger partial charge in [0, 0.05) is 34.1 Å². The molecule has 0 aliphatic rings. The maximum Gasteiger partial charge on any atom is 0.328 e. The van der Waals surface area contributed by atoms with Gasteiger partial charge in [0.05, 0.1) is 0 Å². The van der Waals surface area contributed by atoms with Gasteiger partial charge in [0.15, 0.2) is 4.90 Å². The van der Waals surface area contributed by atoms with E-state index < -0.39 is 25.2 Å². The van der Waals surface area contributed by atoms with E-state index in [2.05, 4.69) is 0 Å². The summed E-state index contributed by atoms with van der Waals surface area (Å²) >= 11 is 1.51. The van der Waals surface area contributed by atoms with Gasteiger partial charge in [-0.25, -0.2) is 13.2 Å². The predicted octanol–water partition coefficient (Wildman–Crippen LogP) is 1.26. The largest absolute Gasteiger partial charge is 0.328 e. The van der Waals surface area contributed by atoms with Crippen LogP contribution in [0.25, 0.3) is 0 Å². The normalized spacial score (nSPS) is 11.5. The van der Waals surface area contributed by atoms with Crippen molar-refractivity contribution in [2.45, 2.75) is 16.3 Å². The van der Waals surface area contributed by atoms with Crippen molar-refractivity contribution in [3.63, 3.8) is 0 Å². The summed E-state index contributed by atoms with van der Waals surface area (Å²) in [5, 5.41) is 0. The molecule has 0 saturated heterocycles. The van der Waals surface area contributed by atoms with Crippen LogP contribution in [0.4, 0.5) is 0 Å². The summed E-state index contributed by atoms with van der Waals surface area (Å²) in [5.74, 6) is 0.539. The first-order chi connectivity index (χ1) is 9.88. The van der Waals surface area contributed by atoms with Gasteiger partial charge in [0.25, 0.3) is 14.6 Å². The Morgan fingerprint density at radius 1 is 1.19 bits per heavy atom. The number of aromatic amines is 1. The van der Waals surface area contributed by atoms with Crippen LogP contribution in [0.1, 0.15) is 0 Å². The average molecular weight is 347 g/mol. The summed E-state index contributed by atoms with van der Waals surface area (Å²) in [6, 6.07) is 9.54. The molecule has 1 N–H and O–H groups in total. The van der Waals surface area contributed by atoms with Crippen LogP contribution in [0.5, 0.6) is 0 Å². The van der Waals surface area contributed by atoms with Gasteiger partial charge in [-0.05, 0) is 12.1 Å².